The van der Waals surface area contributed by atoms with E-state index in [0.29, 0.717) is 25.8 Å². The Morgan fingerprint density at radius 1 is 1.12 bits per heavy atom. The third kappa shape index (κ3) is 4.27. The molecule has 0 radical (unpaired) electrons. The summed E-state index contributed by atoms with van der Waals surface area (Å²) in [5.74, 6) is 0.361. The molecule has 0 spiro atoms. The van der Waals surface area contributed by atoms with Crippen LogP contribution in [0, 0.1) is 17.2 Å². The maximum atomic E-state index is 12.8. The van der Waals surface area contributed by atoms with Gasteiger partial charge in [-0.25, -0.2) is 0 Å². The van der Waals surface area contributed by atoms with Gasteiger partial charge >= 0.3 is 0 Å². The van der Waals surface area contributed by atoms with Crippen molar-refractivity contribution >= 4 is 5.91 Å². The van der Waals surface area contributed by atoms with Crippen LogP contribution in [0.5, 0.6) is 0 Å². The van der Waals surface area contributed by atoms with E-state index in [4.69, 9.17) is 9.47 Å². The molecule has 1 aliphatic heterocycles. The zero-order valence-corrected chi connectivity index (χ0v) is 14.7. The normalized spacial score (nSPS) is 31.7. The number of rotatable bonds is 6. The van der Waals surface area contributed by atoms with E-state index in [1.165, 1.54) is 12.8 Å². The second-order valence-electron chi connectivity index (χ2n) is 7.24. The Bertz CT molecular complexity index is 467. The van der Waals surface area contributed by atoms with E-state index < -0.39 is 0 Å². The monoisotopic (exact) mass is 335 g/mol. The Kier molecular flexibility index (Phi) is 6.09. The predicted octanol–water partition coefficient (Wildman–Crippen LogP) is 1.41. The summed E-state index contributed by atoms with van der Waals surface area (Å²) < 4.78 is 10.8. The highest BCUT2D eigenvalue weighted by molar-refractivity contribution is 5.79. The minimum Gasteiger partial charge on any atom is -0.382 e. The van der Waals surface area contributed by atoms with Gasteiger partial charge < -0.3 is 14.4 Å². The number of piperazine rings is 1. The number of carbonyl (C=O) groups excluding carboxylic acids is 1. The fourth-order valence-corrected chi connectivity index (χ4v) is 3.99. The standard InChI is InChI=1S/C18H29N3O3/c1-23-10-11-24-17-6-2-14(3-7-17)18(22)20-8-9-21(15-4-5-15)16(12-19)13-20/h14-17H,2-11,13H2,1H3. The highest BCUT2D eigenvalue weighted by Crippen LogP contribution is 2.32. The lowest BCUT2D eigenvalue weighted by molar-refractivity contribution is -0.140. The van der Waals surface area contributed by atoms with Crippen LogP contribution in [0.3, 0.4) is 0 Å². The SMILES string of the molecule is COCCOC1CCC(C(=O)N2CCN(C3CC3)C(C#N)C2)CC1. The first-order valence-corrected chi connectivity index (χ1v) is 9.27. The molecule has 6 heteroatoms. The summed E-state index contributed by atoms with van der Waals surface area (Å²) in [6, 6.07) is 2.87. The maximum Gasteiger partial charge on any atom is 0.225 e. The minimum atomic E-state index is -0.121. The molecule has 2 saturated carbocycles. The summed E-state index contributed by atoms with van der Waals surface area (Å²) in [6.07, 6.45) is 6.38. The van der Waals surface area contributed by atoms with Gasteiger partial charge in [0.1, 0.15) is 6.04 Å². The zero-order chi connectivity index (χ0) is 16.9. The lowest BCUT2D eigenvalue weighted by Crippen LogP contribution is -2.56. The van der Waals surface area contributed by atoms with Gasteiger partial charge in [0.25, 0.3) is 0 Å². The van der Waals surface area contributed by atoms with E-state index in [2.05, 4.69) is 11.0 Å². The summed E-state index contributed by atoms with van der Waals surface area (Å²) in [4.78, 5) is 17.0. The van der Waals surface area contributed by atoms with Gasteiger partial charge in [-0.05, 0) is 38.5 Å². The average molecular weight is 335 g/mol. The molecule has 24 heavy (non-hydrogen) atoms. The van der Waals surface area contributed by atoms with Crippen LogP contribution in [0.4, 0.5) is 0 Å². The summed E-state index contributed by atoms with van der Waals surface area (Å²) >= 11 is 0. The van der Waals surface area contributed by atoms with Crippen molar-refractivity contribution < 1.29 is 14.3 Å². The highest BCUT2D eigenvalue weighted by atomic mass is 16.5. The molecular formula is C18H29N3O3. The molecule has 0 aromatic carbocycles. The van der Waals surface area contributed by atoms with Crippen LogP contribution in [0.2, 0.25) is 0 Å². The number of methoxy groups -OCH3 is 1. The molecular weight excluding hydrogens is 306 g/mol. The fourth-order valence-electron chi connectivity index (χ4n) is 3.99. The topological polar surface area (TPSA) is 65.8 Å². The molecule has 1 heterocycles. The molecule has 134 valence electrons. The number of ether oxygens (including phenoxy) is 2. The van der Waals surface area contributed by atoms with Crippen LogP contribution < -0.4 is 0 Å². The second kappa shape index (κ2) is 8.28. The third-order valence-electron chi connectivity index (χ3n) is 5.56. The molecule has 1 saturated heterocycles. The molecule has 3 fully saturated rings. The number of hydrogen-bond acceptors (Lipinski definition) is 5. The number of nitrogens with zero attached hydrogens (tertiary/aromatic N) is 3. The predicted molar refractivity (Wildman–Crippen MR) is 89.3 cm³/mol. The van der Waals surface area contributed by atoms with E-state index in [0.717, 1.165) is 38.8 Å². The van der Waals surface area contributed by atoms with E-state index in [-0.39, 0.29) is 24.0 Å². The van der Waals surface area contributed by atoms with Crippen molar-refractivity contribution in [3.05, 3.63) is 0 Å². The molecule has 3 rings (SSSR count). The average Bonchev–Trinajstić information content (AvgIpc) is 3.46. The lowest BCUT2D eigenvalue weighted by atomic mass is 9.86. The Morgan fingerprint density at radius 3 is 2.50 bits per heavy atom. The summed E-state index contributed by atoms with van der Waals surface area (Å²) in [7, 11) is 1.68. The highest BCUT2D eigenvalue weighted by Gasteiger charge is 2.40. The Hall–Kier alpha value is -1.16. The van der Waals surface area contributed by atoms with Crippen LogP contribution in [0.15, 0.2) is 0 Å². The van der Waals surface area contributed by atoms with E-state index in [9.17, 15) is 10.1 Å². The fraction of sp³-hybridized carbons (Fsp3) is 0.889. The maximum absolute atomic E-state index is 12.8. The van der Waals surface area contributed by atoms with Crippen LogP contribution in [0.1, 0.15) is 38.5 Å². The second-order valence-corrected chi connectivity index (χ2v) is 7.24. The van der Waals surface area contributed by atoms with E-state index >= 15 is 0 Å². The Labute approximate surface area is 144 Å². The molecule has 3 aliphatic rings. The van der Waals surface area contributed by atoms with Gasteiger partial charge in [0.05, 0.1) is 25.4 Å². The van der Waals surface area contributed by atoms with Crippen molar-refractivity contribution in [3.63, 3.8) is 0 Å². The lowest BCUT2D eigenvalue weighted by Gasteiger charge is -2.40. The number of nitriles is 1. The summed E-state index contributed by atoms with van der Waals surface area (Å²) in [5, 5.41) is 9.43. The van der Waals surface area contributed by atoms with Gasteiger partial charge in [-0.15, -0.1) is 0 Å². The van der Waals surface area contributed by atoms with Gasteiger partial charge in [0.15, 0.2) is 0 Å². The van der Waals surface area contributed by atoms with E-state index in [1.807, 2.05) is 4.90 Å². The molecule has 2 aliphatic carbocycles. The van der Waals surface area contributed by atoms with Crippen molar-refractivity contribution in [3.8, 4) is 6.07 Å². The Balaban J connectivity index is 1.44. The molecule has 6 nitrogen and oxygen atoms in total. The molecule has 1 unspecified atom stereocenters. The minimum absolute atomic E-state index is 0.110. The van der Waals surface area contributed by atoms with Crippen molar-refractivity contribution in [1.82, 2.24) is 9.80 Å². The van der Waals surface area contributed by atoms with Gasteiger partial charge in [0, 0.05) is 38.7 Å². The summed E-state index contributed by atoms with van der Waals surface area (Å²) in [6.45, 7) is 3.46. The smallest absolute Gasteiger partial charge is 0.225 e. The van der Waals surface area contributed by atoms with Gasteiger partial charge in [0.2, 0.25) is 5.91 Å². The Morgan fingerprint density at radius 2 is 1.88 bits per heavy atom. The molecule has 0 aromatic rings. The van der Waals surface area contributed by atoms with Crippen molar-refractivity contribution in [2.45, 2.75) is 56.7 Å². The van der Waals surface area contributed by atoms with Crippen LogP contribution in [-0.2, 0) is 14.3 Å². The quantitative estimate of drug-likeness (QED) is 0.687. The van der Waals surface area contributed by atoms with Gasteiger partial charge in [-0.3, -0.25) is 9.69 Å². The zero-order valence-electron chi connectivity index (χ0n) is 14.7. The third-order valence-corrected chi connectivity index (χ3v) is 5.56. The first-order valence-electron chi connectivity index (χ1n) is 9.27. The largest absolute Gasteiger partial charge is 0.382 e. The van der Waals surface area contributed by atoms with Crippen LogP contribution >= 0.6 is 0 Å². The summed E-state index contributed by atoms with van der Waals surface area (Å²) in [5.41, 5.74) is 0. The van der Waals surface area contributed by atoms with Crippen molar-refractivity contribution in [2.24, 2.45) is 5.92 Å². The molecule has 1 atom stereocenters. The number of amides is 1. The number of carbonyl (C=O) groups is 1. The molecule has 0 N–H and O–H groups in total. The van der Waals surface area contributed by atoms with Gasteiger partial charge in [-0.1, -0.05) is 0 Å². The first-order chi connectivity index (χ1) is 11.7. The van der Waals surface area contributed by atoms with Gasteiger partial charge in [-0.2, -0.15) is 5.26 Å². The molecule has 0 aromatic heterocycles. The van der Waals surface area contributed by atoms with E-state index in [1.54, 1.807) is 7.11 Å². The van der Waals surface area contributed by atoms with Crippen molar-refractivity contribution in [1.29, 1.82) is 5.26 Å². The van der Waals surface area contributed by atoms with Crippen LogP contribution in [-0.4, -0.2) is 73.9 Å². The van der Waals surface area contributed by atoms with Crippen LogP contribution in [0.25, 0.3) is 0 Å². The molecule has 1 amide bonds. The van der Waals surface area contributed by atoms with Crippen molar-refractivity contribution in [2.75, 3.05) is 40.0 Å². The number of hydrogen-bond donors (Lipinski definition) is 0. The first kappa shape index (κ1) is 17.7. The molecule has 0 bridgehead atoms.